The number of carbonyl (C=O) groups is 1. The maximum Gasteiger partial charge on any atom is 0.410 e. The van der Waals surface area contributed by atoms with Crippen molar-refractivity contribution in [2.45, 2.75) is 38.9 Å². The molecular formula is C23H30F2N6O4. The number of hydrazine groups is 1. The number of nitrogens with zero attached hydrogens (tertiary/aromatic N) is 4. The Morgan fingerprint density at radius 1 is 1.06 bits per heavy atom. The molecular weight excluding hydrogens is 462 g/mol. The molecule has 0 spiro atoms. The molecule has 4 rings (SSSR count). The average Bonchev–Trinajstić information content (AvgIpc) is 2.83. The zero-order chi connectivity index (χ0) is 24.8. The average molecular weight is 493 g/mol. The van der Waals surface area contributed by atoms with Crippen LogP contribution in [0.5, 0.6) is 5.88 Å². The number of nitrogens with one attached hydrogen (secondary N) is 2. The predicted octanol–water partition coefficient (Wildman–Crippen LogP) is 3.55. The van der Waals surface area contributed by atoms with Gasteiger partial charge in [-0.3, -0.25) is 0 Å². The highest BCUT2D eigenvalue weighted by Crippen LogP contribution is 2.27. The largest absolute Gasteiger partial charge is 0.474 e. The van der Waals surface area contributed by atoms with Crippen LogP contribution in [0.3, 0.4) is 0 Å². The molecule has 0 unspecified atom stereocenters. The number of halogens is 2. The maximum atomic E-state index is 14.7. The van der Waals surface area contributed by atoms with Gasteiger partial charge in [-0.05, 0) is 13.8 Å². The third-order valence-corrected chi connectivity index (χ3v) is 5.58. The summed E-state index contributed by atoms with van der Waals surface area (Å²) in [6.45, 7) is 6.86. The Balaban J connectivity index is 1.34. The van der Waals surface area contributed by atoms with Crippen molar-refractivity contribution < 1.29 is 27.8 Å². The van der Waals surface area contributed by atoms with E-state index in [9.17, 15) is 13.6 Å². The molecule has 2 saturated heterocycles. The number of ether oxygens (including phenoxy) is 3. The van der Waals surface area contributed by atoms with Crippen molar-refractivity contribution in [2.24, 2.45) is 0 Å². The van der Waals surface area contributed by atoms with E-state index < -0.39 is 11.6 Å². The highest BCUT2D eigenvalue weighted by Gasteiger charge is 2.26. The molecule has 2 N–H and O–H groups in total. The molecule has 0 bridgehead atoms. The molecule has 3 heterocycles. The van der Waals surface area contributed by atoms with E-state index in [1.54, 1.807) is 9.91 Å². The van der Waals surface area contributed by atoms with Crippen LogP contribution in [0.1, 0.15) is 26.7 Å². The molecule has 190 valence electrons. The summed E-state index contributed by atoms with van der Waals surface area (Å²) in [5.74, 6) is -0.671. The summed E-state index contributed by atoms with van der Waals surface area (Å²) in [6.07, 6.45) is 1.90. The Morgan fingerprint density at radius 2 is 1.74 bits per heavy atom. The Labute approximate surface area is 202 Å². The molecule has 35 heavy (non-hydrogen) atoms. The highest BCUT2D eigenvalue weighted by atomic mass is 19.1. The topological polar surface area (TPSA) is 101 Å². The van der Waals surface area contributed by atoms with Crippen LogP contribution in [0.4, 0.5) is 30.8 Å². The number of benzene rings is 1. The van der Waals surface area contributed by atoms with Gasteiger partial charge in [0.2, 0.25) is 5.88 Å². The van der Waals surface area contributed by atoms with Gasteiger partial charge in [-0.2, -0.15) is 0 Å². The zero-order valence-corrected chi connectivity index (χ0v) is 19.8. The van der Waals surface area contributed by atoms with E-state index in [-0.39, 0.29) is 35.5 Å². The Hall–Kier alpha value is -3.25. The van der Waals surface area contributed by atoms with Gasteiger partial charge in [0.05, 0.1) is 30.7 Å². The second-order valence-electron chi connectivity index (χ2n) is 8.63. The minimum atomic E-state index is -0.635. The number of carbonyl (C=O) groups excluding carboxylic acids is 1. The number of rotatable bonds is 7. The fourth-order valence-corrected chi connectivity index (χ4v) is 3.79. The molecule has 2 aliphatic heterocycles. The smallest absolute Gasteiger partial charge is 0.410 e. The molecule has 2 aliphatic rings. The van der Waals surface area contributed by atoms with Crippen molar-refractivity contribution >= 4 is 23.3 Å². The Bertz CT molecular complexity index is 1010. The number of hydrogen-bond donors (Lipinski definition) is 2. The van der Waals surface area contributed by atoms with E-state index in [1.807, 2.05) is 13.8 Å². The molecule has 2 fully saturated rings. The molecule has 1 amide bonds. The summed E-state index contributed by atoms with van der Waals surface area (Å²) in [5.41, 5.74) is 2.88. The van der Waals surface area contributed by atoms with Crippen LogP contribution < -0.4 is 15.5 Å². The van der Waals surface area contributed by atoms with Gasteiger partial charge in [0, 0.05) is 57.2 Å². The Kier molecular flexibility index (Phi) is 8.13. The molecule has 1 aromatic carbocycles. The number of likely N-dealkylation sites (tertiary alicyclic amines) is 1. The van der Waals surface area contributed by atoms with E-state index in [0.717, 1.165) is 12.1 Å². The lowest BCUT2D eigenvalue weighted by Gasteiger charge is -2.31. The molecule has 10 nitrogen and oxygen atoms in total. The first-order chi connectivity index (χ1) is 16.9. The monoisotopic (exact) mass is 492 g/mol. The van der Waals surface area contributed by atoms with Gasteiger partial charge in [0.15, 0.2) is 0 Å². The van der Waals surface area contributed by atoms with E-state index in [1.165, 1.54) is 12.4 Å². The molecule has 0 radical (unpaired) electrons. The predicted molar refractivity (Wildman–Crippen MR) is 125 cm³/mol. The highest BCUT2D eigenvalue weighted by molar-refractivity contribution is 5.68. The minimum Gasteiger partial charge on any atom is -0.474 e. The quantitative estimate of drug-likeness (QED) is 0.601. The summed E-state index contributed by atoms with van der Waals surface area (Å²) in [5, 5.41) is 4.56. The van der Waals surface area contributed by atoms with E-state index in [4.69, 9.17) is 14.2 Å². The van der Waals surface area contributed by atoms with Crippen molar-refractivity contribution in [3.63, 3.8) is 0 Å². The van der Waals surface area contributed by atoms with Crippen molar-refractivity contribution in [1.82, 2.24) is 19.9 Å². The lowest BCUT2D eigenvalue weighted by atomic mass is 10.1. The lowest BCUT2D eigenvalue weighted by Crippen LogP contribution is -2.42. The van der Waals surface area contributed by atoms with Crippen LogP contribution in [0.2, 0.25) is 0 Å². The zero-order valence-electron chi connectivity index (χ0n) is 19.8. The van der Waals surface area contributed by atoms with Crippen LogP contribution in [-0.4, -0.2) is 77.6 Å². The summed E-state index contributed by atoms with van der Waals surface area (Å²) in [7, 11) is 0. The van der Waals surface area contributed by atoms with Crippen LogP contribution >= 0.6 is 0 Å². The Morgan fingerprint density at radius 3 is 2.46 bits per heavy atom. The standard InChI is InChI=1S/C23H30F2N6O4/c1-15(2)34-23(32)30-5-3-16(4-6-30)35-22-13-21(26-14-27-22)28-19-11-18(25)20(12-17(19)24)29-31-7-9-33-10-8-31/h11-16,29H,3-10H2,1-2H3,(H,26,27,28). The van der Waals surface area contributed by atoms with Crippen molar-refractivity contribution in [2.75, 3.05) is 50.1 Å². The first-order valence-electron chi connectivity index (χ1n) is 11.7. The first kappa shape index (κ1) is 24.9. The number of aromatic nitrogens is 2. The fraction of sp³-hybridized carbons (Fsp3) is 0.522. The van der Waals surface area contributed by atoms with Gasteiger partial charge in [0.25, 0.3) is 0 Å². The summed E-state index contributed by atoms with van der Waals surface area (Å²) >= 11 is 0. The second-order valence-corrected chi connectivity index (χ2v) is 8.63. The van der Waals surface area contributed by atoms with Crippen molar-refractivity contribution in [3.8, 4) is 5.88 Å². The summed E-state index contributed by atoms with van der Waals surface area (Å²) in [6, 6.07) is 3.70. The maximum absolute atomic E-state index is 14.7. The number of hydrogen-bond acceptors (Lipinski definition) is 9. The third kappa shape index (κ3) is 6.89. The number of piperidine rings is 1. The first-order valence-corrected chi connectivity index (χ1v) is 11.7. The van der Waals surface area contributed by atoms with Gasteiger partial charge in [-0.25, -0.2) is 28.6 Å². The van der Waals surface area contributed by atoms with Gasteiger partial charge in [-0.15, -0.1) is 0 Å². The van der Waals surface area contributed by atoms with Crippen LogP contribution in [0.25, 0.3) is 0 Å². The minimum absolute atomic E-state index is 0.0466. The van der Waals surface area contributed by atoms with Gasteiger partial charge < -0.3 is 29.9 Å². The molecule has 0 aliphatic carbocycles. The molecule has 2 aromatic rings. The van der Waals surface area contributed by atoms with Gasteiger partial charge >= 0.3 is 6.09 Å². The summed E-state index contributed by atoms with van der Waals surface area (Å²) < 4.78 is 45.7. The fourth-order valence-electron chi connectivity index (χ4n) is 3.79. The SMILES string of the molecule is CC(C)OC(=O)N1CCC(Oc2cc(Nc3cc(F)c(NN4CCOCC4)cc3F)ncn2)CC1. The number of anilines is 3. The second kappa shape index (κ2) is 11.5. The third-order valence-electron chi connectivity index (χ3n) is 5.58. The van der Waals surface area contributed by atoms with E-state index in [2.05, 4.69) is 20.7 Å². The number of morpholine rings is 1. The van der Waals surface area contributed by atoms with Crippen LogP contribution in [0.15, 0.2) is 24.5 Å². The van der Waals surface area contributed by atoms with E-state index in [0.29, 0.717) is 58.1 Å². The van der Waals surface area contributed by atoms with E-state index >= 15 is 0 Å². The van der Waals surface area contributed by atoms with Crippen molar-refractivity contribution in [3.05, 3.63) is 36.2 Å². The normalized spacial score (nSPS) is 17.3. The molecule has 12 heteroatoms. The summed E-state index contributed by atoms with van der Waals surface area (Å²) in [4.78, 5) is 21.9. The molecule has 1 aromatic heterocycles. The van der Waals surface area contributed by atoms with Crippen molar-refractivity contribution in [1.29, 1.82) is 0 Å². The van der Waals surface area contributed by atoms with Gasteiger partial charge in [-0.1, -0.05) is 0 Å². The molecule has 0 saturated carbocycles. The van der Waals surface area contributed by atoms with Crippen LogP contribution in [0, 0.1) is 11.6 Å². The van der Waals surface area contributed by atoms with Crippen LogP contribution in [-0.2, 0) is 9.47 Å². The molecule has 0 atom stereocenters. The number of amides is 1. The lowest BCUT2D eigenvalue weighted by molar-refractivity contribution is 0.0494. The van der Waals surface area contributed by atoms with Gasteiger partial charge in [0.1, 0.15) is 29.9 Å².